The molecular weight excluding hydrogens is 254 g/mol. The molecule has 4 nitrogen and oxygen atoms in total. The van der Waals surface area contributed by atoms with Crippen molar-refractivity contribution in [3.63, 3.8) is 0 Å². The summed E-state index contributed by atoms with van der Waals surface area (Å²) in [4.78, 5) is 25.1. The number of hydrogen-bond donors (Lipinski definition) is 0. The van der Waals surface area contributed by atoms with E-state index in [0.29, 0.717) is 17.1 Å². The van der Waals surface area contributed by atoms with Gasteiger partial charge in [-0.05, 0) is 27.7 Å². The van der Waals surface area contributed by atoms with Crippen LogP contribution in [0.4, 0.5) is 0 Å². The molecule has 1 fully saturated rings. The van der Waals surface area contributed by atoms with Gasteiger partial charge in [-0.1, -0.05) is 25.5 Å². The van der Waals surface area contributed by atoms with Gasteiger partial charge in [-0.25, -0.2) is 0 Å². The van der Waals surface area contributed by atoms with Crippen molar-refractivity contribution in [3.8, 4) is 0 Å². The van der Waals surface area contributed by atoms with Crippen LogP contribution in [0, 0.1) is 11.3 Å². The first-order chi connectivity index (χ1) is 9.17. The van der Waals surface area contributed by atoms with Crippen molar-refractivity contribution in [3.05, 3.63) is 22.8 Å². The number of carbonyl (C=O) groups is 2. The van der Waals surface area contributed by atoms with Crippen molar-refractivity contribution in [2.75, 3.05) is 6.73 Å². The second-order valence-corrected chi connectivity index (χ2v) is 6.60. The van der Waals surface area contributed by atoms with Crippen molar-refractivity contribution in [2.45, 2.75) is 47.6 Å². The quantitative estimate of drug-likeness (QED) is 0.586. The van der Waals surface area contributed by atoms with Crippen LogP contribution in [0.5, 0.6) is 0 Å². The Hall–Kier alpha value is -1.42. The van der Waals surface area contributed by atoms with Gasteiger partial charge in [0.2, 0.25) is 0 Å². The summed E-state index contributed by atoms with van der Waals surface area (Å²) in [5.74, 6) is -0.107. The monoisotopic (exact) mass is 277 g/mol. The Morgan fingerprint density at radius 2 is 1.70 bits per heavy atom. The minimum absolute atomic E-state index is 0.0492. The maximum atomic E-state index is 11.9. The van der Waals surface area contributed by atoms with Crippen LogP contribution in [0.15, 0.2) is 22.8 Å². The van der Waals surface area contributed by atoms with E-state index in [1.54, 1.807) is 13.8 Å². The van der Waals surface area contributed by atoms with Gasteiger partial charge in [-0.3, -0.25) is 14.5 Å². The van der Waals surface area contributed by atoms with Crippen molar-refractivity contribution in [1.82, 2.24) is 4.90 Å². The molecule has 0 aromatic rings. The Morgan fingerprint density at radius 3 is 2.15 bits per heavy atom. The number of carbonyl (C=O) groups excluding carboxylic acids is 2. The summed E-state index contributed by atoms with van der Waals surface area (Å²) in [6.45, 7) is 11.8. The molecule has 0 saturated heterocycles. The SMILES string of the molecule is CC(C)=CC1C(OCN2C(=O)C(C)=C(C)C2=O)C1(C)C. The Kier molecular flexibility index (Phi) is 3.63. The number of nitrogens with zero attached hydrogens (tertiary/aromatic N) is 1. The molecule has 2 unspecified atom stereocenters. The summed E-state index contributed by atoms with van der Waals surface area (Å²) in [5, 5.41) is 0. The van der Waals surface area contributed by atoms with E-state index in [1.807, 2.05) is 0 Å². The van der Waals surface area contributed by atoms with Crippen LogP contribution in [0.3, 0.4) is 0 Å². The fourth-order valence-electron chi connectivity index (χ4n) is 2.70. The van der Waals surface area contributed by atoms with E-state index in [4.69, 9.17) is 4.74 Å². The highest BCUT2D eigenvalue weighted by Gasteiger charge is 2.58. The molecule has 2 amide bonds. The summed E-state index contributed by atoms with van der Waals surface area (Å²) in [6, 6.07) is 0. The second kappa shape index (κ2) is 4.85. The smallest absolute Gasteiger partial charge is 0.258 e. The zero-order valence-electron chi connectivity index (χ0n) is 13.1. The number of hydrogen-bond acceptors (Lipinski definition) is 3. The molecule has 4 heteroatoms. The van der Waals surface area contributed by atoms with Crippen molar-refractivity contribution in [2.24, 2.45) is 11.3 Å². The van der Waals surface area contributed by atoms with Gasteiger partial charge in [-0.15, -0.1) is 0 Å². The van der Waals surface area contributed by atoms with Crippen LogP contribution >= 0.6 is 0 Å². The van der Waals surface area contributed by atoms with Crippen LogP contribution in [0.2, 0.25) is 0 Å². The van der Waals surface area contributed by atoms with Gasteiger partial charge in [-0.2, -0.15) is 0 Å². The number of allylic oxidation sites excluding steroid dienone is 1. The van der Waals surface area contributed by atoms with Crippen molar-refractivity contribution in [1.29, 1.82) is 0 Å². The van der Waals surface area contributed by atoms with Crippen LogP contribution < -0.4 is 0 Å². The van der Waals surface area contributed by atoms with Crippen molar-refractivity contribution >= 4 is 11.8 Å². The normalized spacial score (nSPS) is 28.2. The largest absolute Gasteiger partial charge is 0.356 e. The van der Waals surface area contributed by atoms with Gasteiger partial charge in [0.15, 0.2) is 0 Å². The molecule has 1 aliphatic heterocycles. The molecule has 0 spiro atoms. The van der Waals surface area contributed by atoms with Crippen LogP contribution in [-0.4, -0.2) is 29.5 Å². The molecule has 0 bridgehead atoms. The third kappa shape index (κ3) is 2.33. The number of ether oxygens (including phenoxy) is 1. The van der Waals surface area contributed by atoms with Gasteiger partial charge in [0.25, 0.3) is 11.8 Å². The van der Waals surface area contributed by atoms with E-state index in [1.165, 1.54) is 10.5 Å². The fraction of sp³-hybridized carbons (Fsp3) is 0.625. The number of rotatable bonds is 4. The third-order valence-electron chi connectivity index (χ3n) is 4.40. The summed E-state index contributed by atoms with van der Waals surface area (Å²) in [6.07, 6.45) is 2.27. The molecule has 0 aromatic heterocycles. The third-order valence-corrected chi connectivity index (χ3v) is 4.40. The van der Waals surface area contributed by atoms with E-state index < -0.39 is 0 Å². The average Bonchev–Trinajstić information content (AvgIpc) is 2.80. The molecule has 2 atom stereocenters. The first kappa shape index (κ1) is 15.0. The van der Waals surface area contributed by atoms with Gasteiger partial charge >= 0.3 is 0 Å². The first-order valence-corrected chi connectivity index (χ1v) is 6.98. The van der Waals surface area contributed by atoms with Gasteiger partial charge in [0, 0.05) is 22.5 Å². The molecule has 110 valence electrons. The number of amides is 2. The lowest BCUT2D eigenvalue weighted by Gasteiger charge is -2.15. The van der Waals surface area contributed by atoms with Crippen molar-refractivity contribution < 1.29 is 14.3 Å². The van der Waals surface area contributed by atoms with Gasteiger partial charge < -0.3 is 4.74 Å². The minimum Gasteiger partial charge on any atom is -0.356 e. The van der Waals surface area contributed by atoms with Crippen LogP contribution in [-0.2, 0) is 14.3 Å². The first-order valence-electron chi connectivity index (χ1n) is 6.98. The molecule has 20 heavy (non-hydrogen) atoms. The van der Waals surface area contributed by atoms with E-state index >= 15 is 0 Å². The predicted molar refractivity (Wildman–Crippen MR) is 76.7 cm³/mol. The Morgan fingerprint density at radius 1 is 1.20 bits per heavy atom. The molecule has 0 N–H and O–H groups in total. The summed E-state index contributed by atoms with van der Waals surface area (Å²) >= 11 is 0. The standard InChI is InChI=1S/C16H23NO3/c1-9(2)7-12-13(16(12,5)6)20-8-17-14(18)10(3)11(4)15(17)19/h7,12-13H,8H2,1-6H3. The van der Waals surface area contributed by atoms with E-state index in [-0.39, 0.29) is 30.1 Å². The average molecular weight is 277 g/mol. The zero-order chi connectivity index (χ0) is 15.2. The lowest BCUT2D eigenvalue weighted by atomic mass is 10.1. The van der Waals surface area contributed by atoms with Crippen LogP contribution in [0.1, 0.15) is 41.5 Å². The van der Waals surface area contributed by atoms with E-state index in [9.17, 15) is 9.59 Å². The Balaban J connectivity index is 1.97. The molecule has 1 saturated carbocycles. The fourth-order valence-corrected chi connectivity index (χ4v) is 2.70. The van der Waals surface area contributed by atoms with E-state index in [0.717, 1.165) is 0 Å². The highest BCUT2D eigenvalue weighted by atomic mass is 16.5. The minimum atomic E-state index is -0.232. The highest BCUT2D eigenvalue weighted by Crippen LogP contribution is 2.55. The lowest BCUT2D eigenvalue weighted by Crippen LogP contribution is -2.34. The highest BCUT2D eigenvalue weighted by molar-refractivity contribution is 6.18. The summed E-state index contributed by atoms with van der Waals surface area (Å²) in [5.41, 5.74) is 2.38. The molecule has 1 aliphatic carbocycles. The summed E-state index contributed by atoms with van der Waals surface area (Å²) < 4.78 is 5.82. The lowest BCUT2D eigenvalue weighted by molar-refractivity contribution is -0.144. The zero-order valence-corrected chi connectivity index (χ0v) is 13.1. The summed E-state index contributed by atoms with van der Waals surface area (Å²) in [7, 11) is 0. The molecule has 0 aromatic carbocycles. The molecular formula is C16H23NO3. The molecule has 2 aliphatic rings. The molecule has 0 radical (unpaired) electrons. The molecule has 1 heterocycles. The van der Waals surface area contributed by atoms with Crippen LogP contribution in [0.25, 0.3) is 0 Å². The Labute approximate surface area is 120 Å². The van der Waals surface area contributed by atoms with Gasteiger partial charge in [0.05, 0.1) is 6.10 Å². The maximum absolute atomic E-state index is 11.9. The van der Waals surface area contributed by atoms with E-state index in [2.05, 4.69) is 33.8 Å². The Bertz CT molecular complexity index is 500. The topological polar surface area (TPSA) is 46.6 Å². The second-order valence-electron chi connectivity index (χ2n) is 6.60. The van der Waals surface area contributed by atoms with Gasteiger partial charge in [0.1, 0.15) is 6.73 Å². The molecule has 2 rings (SSSR count). The number of imide groups is 1. The predicted octanol–water partition coefficient (Wildman–Crippen LogP) is 2.66. The maximum Gasteiger partial charge on any atom is 0.258 e.